The average molecular weight is 252 g/mol. The van der Waals surface area contributed by atoms with Crippen LogP contribution in [0, 0.1) is 6.92 Å². The summed E-state index contributed by atoms with van der Waals surface area (Å²) in [5, 5.41) is 3.18. The summed E-state index contributed by atoms with van der Waals surface area (Å²) in [5.41, 5.74) is 0. The van der Waals surface area contributed by atoms with Gasteiger partial charge in [0.2, 0.25) is 5.91 Å². The van der Waals surface area contributed by atoms with Crippen LogP contribution < -0.4 is 5.32 Å². The number of rotatable bonds is 4. The van der Waals surface area contributed by atoms with Crippen LogP contribution in [0.4, 0.5) is 0 Å². The van der Waals surface area contributed by atoms with E-state index in [0.717, 1.165) is 11.5 Å². The SMILES string of the molecule is Cc1ccc(CNC(C)C(=O)N2CCOCC2)o1. The van der Waals surface area contributed by atoms with Crippen molar-refractivity contribution in [2.45, 2.75) is 26.4 Å². The van der Waals surface area contributed by atoms with E-state index >= 15 is 0 Å². The molecule has 2 heterocycles. The van der Waals surface area contributed by atoms with Crippen molar-refractivity contribution in [1.82, 2.24) is 10.2 Å². The number of morpholine rings is 1. The Morgan fingerprint density at radius 1 is 1.44 bits per heavy atom. The van der Waals surface area contributed by atoms with Crippen molar-refractivity contribution in [2.24, 2.45) is 0 Å². The van der Waals surface area contributed by atoms with Gasteiger partial charge in [-0.05, 0) is 26.0 Å². The molecule has 0 aliphatic carbocycles. The molecule has 0 bridgehead atoms. The molecule has 1 amide bonds. The second kappa shape index (κ2) is 6.02. The van der Waals surface area contributed by atoms with Gasteiger partial charge in [-0.1, -0.05) is 0 Å². The van der Waals surface area contributed by atoms with Gasteiger partial charge in [0.1, 0.15) is 11.5 Å². The molecule has 18 heavy (non-hydrogen) atoms. The maximum atomic E-state index is 12.1. The van der Waals surface area contributed by atoms with E-state index in [0.29, 0.717) is 32.8 Å². The van der Waals surface area contributed by atoms with Crippen LogP contribution in [-0.2, 0) is 16.1 Å². The third kappa shape index (κ3) is 3.34. The second-order valence-electron chi connectivity index (χ2n) is 4.55. The lowest BCUT2D eigenvalue weighted by atomic mass is 10.2. The van der Waals surface area contributed by atoms with E-state index in [1.54, 1.807) is 0 Å². The summed E-state index contributed by atoms with van der Waals surface area (Å²) in [7, 11) is 0. The highest BCUT2D eigenvalue weighted by atomic mass is 16.5. The van der Waals surface area contributed by atoms with Gasteiger partial charge >= 0.3 is 0 Å². The zero-order valence-corrected chi connectivity index (χ0v) is 10.9. The van der Waals surface area contributed by atoms with E-state index in [1.807, 2.05) is 30.9 Å². The zero-order valence-electron chi connectivity index (χ0n) is 10.9. The predicted octanol–water partition coefficient (Wildman–Crippen LogP) is 0.925. The average Bonchev–Trinajstić information content (AvgIpc) is 2.82. The highest BCUT2D eigenvalue weighted by Crippen LogP contribution is 2.07. The summed E-state index contributed by atoms with van der Waals surface area (Å²) in [6.45, 7) is 7.01. The van der Waals surface area contributed by atoms with E-state index in [4.69, 9.17) is 9.15 Å². The summed E-state index contributed by atoms with van der Waals surface area (Å²) >= 11 is 0. The summed E-state index contributed by atoms with van der Waals surface area (Å²) in [4.78, 5) is 13.9. The third-order valence-electron chi connectivity index (χ3n) is 3.07. The molecule has 0 saturated carbocycles. The smallest absolute Gasteiger partial charge is 0.239 e. The Bertz CT molecular complexity index is 397. The first-order valence-electron chi connectivity index (χ1n) is 6.32. The van der Waals surface area contributed by atoms with Crippen molar-refractivity contribution < 1.29 is 13.9 Å². The van der Waals surface area contributed by atoms with Crippen molar-refractivity contribution in [3.8, 4) is 0 Å². The lowest BCUT2D eigenvalue weighted by Crippen LogP contribution is -2.49. The Labute approximate surface area is 107 Å². The number of hydrogen-bond donors (Lipinski definition) is 1. The van der Waals surface area contributed by atoms with Gasteiger partial charge in [-0.3, -0.25) is 10.1 Å². The number of carbonyl (C=O) groups is 1. The summed E-state index contributed by atoms with van der Waals surface area (Å²) in [6, 6.07) is 3.65. The highest BCUT2D eigenvalue weighted by Gasteiger charge is 2.22. The van der Waals surface area contributed by atoms with Crippen LogP contribution in [0.1, 0.15) is 18.4 Å². The van der Waals surface area contributed by atoms with Crippen molar-refractivity contribution in [3.05, 3.63) is 23.7 Å². The van der Waals surface area contributed by atoms with E-state index < -0.39 is 0 Å². The number of nitrogens with zero attached hydrogens (tertiary/aromatic N) is 1. The molecular formula is C13H20N2O3. The number of ether oxygens (including phenoxy) is 1. The standard InChI is InChI=1S/C13H20N2O3/c1-10-3-4-12(18-10)9-14-11(2)13(16)15-5-7-17-8-6-15/h3-4,11,14H,5-9H2,1-2H3. The van der Waals surface area contributed by atoms with Crippen LogP contribution in [0.3, 0.4) is 0 Å². The molecule has 0 radical (unpaired) electrons. The quantitative estimate of drug-likeness (QED) is 0.866. The van der Waals surface area contributed by atoms with Crippen LogP contribution in [0.2, 0.25) is 0 Å². The van der Waals surface area contributed by atoms with Crippen LogP contribution in [0.15, 0.2) is 16.5 Å². The van der Waals surface area contributed by atoms with E-state index in [-0.39, 0.29) is 11.9 Å². The molecule has 1 saturated heterocycles. The fourth-order valence-corrected chi connectivity index (χ4v) is 1.98. The van der Waals surface area contributed by atoms with Gasteiger partial charge in [0.25, 0.3) is 0 Å². The van der Waals surface area contributed by atoms with Crippen LogP contribution in [0.5, 0.6) is 0 Å². The molecule has 1 atom stereocenters. The van der Waals surface area contributed by atoms with E-state index in [9.17, 15) is 4.79 Å². The van der Waals surface area contributed by atoms with Crippen molar-refractivity contribution >= 4 is 5.91 Å². The van der Waals surface area contributed by atoms with Gasteiger partial charge < -0.3 is 14.1 Å². The van der Waals surface area contributed by atoms with Gasteiger partial charge in [0.05, 0.1) is 25.8 Å². The zero-order chi connectivity index (χ0) is 13.0. The number of amides is 1. The van der Waals surface area contributed by atoms with Crippen molar-refractivity contribution in [3.63, 3.8) is 0 Å². The lowest BCUT2D eigenvalue weighted by Gasteiger charge is -2.29. The maximum Gasteiger partial charge on any atom is 0.239 e. The molecule has 1 aromatic heterocycles. The number of furan rings is 1. The van der Waals surface area contributed by atoms with E-state index in [2.05, 4.69) is 5.32 Å². The molecule has 2 rings (SSSR count). The minimum Gasteiger partial charge on any atom is -0.465 e. The molecule has 1 fully saturated rings. The van der Waals surface area contributed by atoms with Gasteiger partial charge in [-0.15, -0.1) is 0 Å². The van der Waals surface area contributed by atoms with Gasteiger partial charge in [-0.2, -0.15) is 0 Å². The van der Waals surface area contributed by atoms with Crippen LogP contribution in [0.25, 0.3) is 0 Å². The van der Waals surface area contributed by atoms with Crippen molar-refractivity contribution in [2.75, 3.05) is 26.3 Å². The molecule has 5 heteroatoms. The summed E-state index contributed by atoms with van der Waals surface area (Å²) in [6.07, 6.45) is 0. The number of hydrogen-bond acceptors (Lipinski definition) is 4. The topological polar surface area (TPSA) is 54.7 Å². The number of nitrogens with one attached hydrogen (secondary N) is 1. The van der Waals surface area contributed by atoms with Gasteiger partial charge in [0, 0.05) is 13.1 Å². The molecule has 1 aromatic rings. The first-order valence-corrected chi connectivity index (χ1v) is 6.32. The Balaban J connectivity index is 1.79. The first-order chi connectivity index (χ1) is 8.66. The Morgan fingerprint density at radius 3 is 2.78 bits per heavy atom. The Morgan fingerprint density at radius 2 is 2.17 bits per heavy atom. The van der Waals surface area contributed by atoms with Gasteiger partial charge in [0.15, 0.2) is 0 Å². The predicted molar refractivity (Wildman–Crippen MR) is 67.1 cm³/mol. The largest absolute Gasteiger partial charge is 0.465 e. The Hall–Kier alpha value is -1.33. The minimum atomic E-state index is -0.200. The third-order valence-corrected chi connectivity index (χ3v) is 3.07. The molecule has 1 N–H and O–H groups in total. The fourth-order valence-electron chi connectivity index (χ4n) is 1.98. The van der Waals surface area contributed by atoms with Crippen LogP contribution >= 0.6 is 0 Å². The van der Waals surface area contributed by atoms with E-state index in [1.165, 1.54) is 0 Å². The monoisotopic (exact) mass is 252 g/mol. The summed E-state index contributed by atoms with van der Waals surface area (Å²) < 4.78 is 10.7. The molecule has 5 nitrogen and oxygen atoms in total. The fraction of sp³-hybridized carbons (Fsp3) is 0.615. The molecule has 1 aliphatic rings. The minimum absolute atomic E-state index is 0.126. The molecule has 1 unspecified atom stereocenters. The molecule has 100 valence electrons. The summed E-state index contributed by atoms with van der Waals surface area (Å²) in [5.74, 6) is 1.87. The molecule has 1 aliphatic heterocycles. The number of aryl methyl sites for hydroxylation is 1. The van der Waals surface area contributed by atoms with Crippen LogP contribution in [-0.4, -0.2) is 43.2 Å². The second-order valence-corrected chi connectivity index (χ2v) is 4.55. The Kier molecular flexibility index (Phi) is 4.38. The number of carbonyl (C=O) groups excluding carboxylic acids is 1. The normalized spacial score (nSPS) is 17.8. The molecule has 0 aromatic carbocycles. The first kappa shape index (κ1) is 13.1. The lowest BCUT2D eigenvalue weighted by molar-refractivity contribution is -0.137. The highest BCUT2D eigenvalue weighted by molar-refractivity contribution is 5.81. The van der Waals surface area contributed by atoms with Gasteiger partial charge in [-0.25, -0.2) is 0 Å². The molecule has 0 spiro atoms. The maximum absolute atomic E-state index is 12.1. The van der Waals surface area contributed by atoms with Crippen molar-refractivity contribution in [1.29, 1.82) is 0 Å². The molecular weight excluding hydrogens is 232 g/mol.